The Balaban J connectivity index is 2.76. The predicted molar refractivity (Wildman–Crippen MR) is 71.4 cm³/mol. The molecular formula is C12H22BrN3. The van der Waals surface area contributed by atoms with Crippen molar-refractivity contribution in [3.63, 3.8) is 0 Å². The molecule has 0 bridgehead atoms. The third-order valence-corrected chi connectivity index (χ3v) is 3.36. The van der Waals surface area contributed by atoms with Crippen LogP contribution in [0.4, 0.5) is 0 Å². The van der Waals surface area contributed by atoms with E-state index >= 15 is 0 Å². The SMILES string of the molecule is CCNC(CCC(C)C)c1c(Br)cnn1C. The molecule has 1 N–H and O–H groups in total. The van der Waals surface area contributed by atoms with Crippen molar-refractivity contribution in [3.8, 4) is 0 Å². The molecule has 1 atom stereocenters. The van der Waals surface area contributed by atoms with Gasteiger partial charge in [-0.3, -0.25) is 4.68 Å². The fourth-order valence-electron chi connectivity index (χ4n) is 1.89. The van der Waals surface area contributed by atoms with Gasteiger partial charge in [0.25, 0.3) is 0 Å². The Bertz CT molecular complexity index is 301. The minimum atomic E-state index is 0.397. The van der Waals surface area contributed by atoms with Crippen LogP contribution in [-0.4, -0.2) is 16.3 Å². The van der Waals surface area contributed by atoms with E-state index in [0.717, 1.165) is 23.4 Å². The molecule has 0 saturated carbocycles. The maximum Gasteiger partial charge on any atom is 0.0692 e. The molecule has 92 valence electrons. The lowest BCUT2D eigenvalue weighted by molar-refractivity contribution is 0.427. The molecule has 16 heavy (non-hydrogen) atoms. The predicted octanol–water partition coefficient (Wildman–Crippen LogP) is 3.27. The van der Waals surface area contributed by atoms with Gasteiger partial charge in [-0.15, -0.1) is 0 Å². The zero-order valence-corrected chi connectivity index (χ0v) is 12.2. The third kappa shape index (κ3) is 3.59. The van der Waals surface area contributed by atoms with Gasteiger partial charge in [0.1, 0.15) is 0 Å². The van der Waals surface area contributed by atoms with Gasteiger partial charge in [0.2, 0.25) is 0 Å². The van der Waals surface area contributed by atoms with Crippen molar-refractivity contribution < 1.29 is 0 Å². The zero-order chi connectivity index (χ0) is 12.1. The second-order valence-corrected chi connectivity index (χ2v) is 5.44. The van der Waals surface area contributed by atoms with E-state index in [0.29, 0.717) is 6.04 Å². The topological polar surface area (TPSA) is 29.9 Å². The Morgan fingerprint density at radius 2 is 2.12 bits per heavy atom. The van der Waals surface area contributed by atoms with Crippen LogP contribution in [0.3, 0.4) is 0 Å². The van der Waals surface area contributed by atoms with Crippen LogP contribution in [0.25, 0.3) is 0 Å². The highest BCUT2D eigenvalue weighted by molar-refractivity contribution is 9.10. The Morgan fingerprint density at radius 1 is 1.44 bits per heavy atom. The molecule has 0 aliphatic carbocycles. The molecule has 1 aromatic heterocycles. The molecule has 0 fully saturated rings. The molecule has 3 nitrogen and oxygen atoms in total. The first kappa shape index (κ1) is 13.7. The monoisotopic (exact) mass is 287 g/mol. The van der Waals surface area contributed by atoms with Crippen molar-refractivity contribution in [3.05, 3.63) is 16.4 Å². The fourth-order valence-corrected chi connectivity index (χ4v) is 2.52. The summed E-state index contributed by atoms with van der Waals surface area (Å²) in [4.78, 5) is 0. The normalized spacial score (nSPS) is 13.4. The molecule has 0 aromatic carbocycles. The number of rotatable bonds is 6. The molecule has 0 aliphatic rings. The summed E-state index contributed by atoms with van der Waals surface area (Å²) in [5.74, 6) is 0.744. The van der Waals surface area contributed by atoms with Gasteiger partial charge in [-0.1, -0.05) is 20.8 Å². The first-order valence-electron chi connectivity index (χ1n) is 5.97. The van der Waals surface area contributed by atoms with Crippen molar-refractivity contribution in [2.24, 2.45) is 13.0 Å². The molecule has 1 unspecified atom stereocenters. The van der Waals surface area contributed by atoms with Crippen LogP contribution in [-0.2, 0) is 7.05 Å². The van der Waals surface area contributed by atoms with Gasteiger partial charge in [-0.05, 0) is 41.2 Å². The lowest BCUT2D eigenvalue weighted by Gasteiger charge is -2.19. The van der Waals surface area contributed by atoms with Gasteiger partial charge in [0.05, 0.1) is 22.4 Å². The summed E-state index contributed by atoms with van der Waals surface area (Å²) < 4.78 is 3.06. The average molecular weight is 288 g/mol. The minimum absolute atomic E-state index is 0.397. The van der Waals surface area contributed by atoms with Gasteiger partial charge in [-0.25, -0.2) is 0 Å². The van der Waals surface area contributed by atoms with Gasteiger partial charge < -0.3 is 5.32 Å². The van der Waals surface area contributed by atoms with E-state index in [1.54, 1.807) is 0 Å². The molecule has 0 aliphatic heterocycles. The van der Waals surface area contributed by atoms with E-state index in [1.807, 2.05) is 17.9 Å². The summed E-state index contributed by atoms with van der Waals surface area (Å²) in [5.41, 5.74) is 1.25. The fraction of sp³-hybridized carbons (Fsp3) is 0.750. The zero-order valence-electron chi connectivity index (χ0n) is 10.6. The number of hydrogen-bond donors (Lipinski definition) is 1. The number of halogens is 1. The molecule has 1 rings (SSSR count). The molecule has 1 heterocycles. The average Bonchev–Trinajstić information content (AvgIpc) is 2.54. The highest BCUT2D eigenvalue weighted by Gasteiger charge is 2.17. The summed E-state index contributed by atoms with van der Waals surface area (Å²) >= 11 is 3.57. The van der Waals surface area contributed by atoms with Crippen molar-refractivity contribution in [2.75, 3.05) is 6.54 Å². The lowest BCUT2D eigenvalue weighted by atomic mass is 10.0. The number of aromatic nitrogens is 2. The highest BCUT2D eigenvalue weighted by Crippen LogP contribution is 2.27. The second-order valence-electron chi connectivity index (χ2n) is 4.58. The van der Waals surface area contributed by atoms with Crippen LogP contribution in [0.15, 0.2) is 10.7 Å². The van der Waals surface area contributed by atoms with Crippen molar-refractivity contribution >= 4 is 15.9 Å². The molecule has 0 saturated heterocycles. The maximum absolute atomic E-state index is 4.28. The van der Waals surface area contributed by atoms with Gasteiger partial charge in [0, 0.05) is 7.05 Å². The minimum Gasteiger partial charge on any atom is -0.309 e. The van der Waals surface area contributed by atoms with Crippen LogP contribution in [0.5, 0.6) is 0 Å². The Kier molecular flexibility index (Phi) is 5.49. The third-order valence-electron chi connectivity index (χ3n) is 2.75. The Morgan fingerprint density at radius 3 is 2.56 bits per heavy atom. The largest absolute Gasteiger partial charge is 0.309 e. The van der Waals surface area contributed by atoms with Crippen LogP contribution >= 0.6 is 15.9 Å². The van der Waals surface area contributed by atoms with Crippen LogP contribution in [0.2, 0.25) is 0 Å². The summed E-state index contributed by atoms with van der Waals surface area (Å²) in [7, 11) is 2.00. The number of nitrogens with zero attached hydrogens (tertiary/aromatic N) is 2. The molecule has 0 amide bonds. The van der Waals surface area contributed by atoms with Gasteiger partial charge in [-0.2, -0.15) is 5.10 Å². The summed E-state index contributed by atoms with van der Waals surface area (Å²) in [5, 5.41) is 7.81. The van der Waals surface area contributed by atoms with Gasteiger partial charge >= 0.3 is 0 Å². The van der Waals surface area contributed by atoms with Crippen LogP contribution in [0, 0.1) is 5.92 Å². The first-order chi connectivity index (χ1) is 7.56. The maximum atomic E-state index is 4.28. The number of hydrogen-bond acceptors (Lipinski definition) is 2. The smallest absolute Gasteiger partial charge is 0.0692 e. The molecule has 0 radical (unpaired) electrons. The van der Waals surface area contributed by atoms with Crippen LogP contribution < -0.4 is 5.32 Å². The molecule has 4 heteroatoms. The summed E-state index contributed by atoms with van der Waals surface area (Å²) in [6, 6.07) is 0.397. The van der Waals surface area contributed by atoms with E-state index in [4.69, 9.17) is 0 Å². The standard InChI is InChI=1S/C12H22BrN3/c1-5-14-11(7-6-9(2)3)12-10(13)8-15-16(12)4/h8-9,11,14H,5-7H2,1-4H3. The van der Waals surface area contributed by atoms with E-state index < -0.39 is 0 Å². The number of aryl methyl sites for hydroxylation is 1. The Labute approximate surface area is 107 Å². The summed E-state index contributed by atoms with van der Waals surface area (Å²) in [6.45, 7) is 7.66. The van der Waals surface area contributed by atoms with E-state index in [-0.39, 0.29) is 0 Å². The lowest BCUT2D eigenvalue weighted by Crippen LogP contribution is -2.24. The number of nitrogens with one attached hydrogen (secondary N) is 1. The Hall–Kier alpha value is -0.350. The van der Waals surface area contributed by atoms with E-state index in [1.165, 1.54) is 12.1 Å². The van der Waals surface area contributed by atoms with Crippen molar-refractivity contribution in [1.29, 1.82) is 0 Å². The van der Waals surface area contributed by atoms with Crippen molar-refractivity contribution in [2.45, 2.75) is 39.7 Å². The second kappa shape index (κ2) is 6.40. The summed E-state index contributed by atoms with van der Waals surface area (Å²) in [6.07, 6.45) is 4.26. The van der Waals surface area contributed by atoms with E-state index in [2.05, 4.69) is 47.1 Å². The van der Waals surface area contributed by atoms with Gasteiger partial charge in [0.15, 0.2) is 0 Å². The highest BCUT2D eigenvalue weighted by atomic mass is 79.9. The van der Waals surface area contributed by atoms with Crippen LogP contribution in [0.1, 0.15) is 45.3 Å². The van der Waals surface area contributed by atoms with E-state index in [9.17, 15) is 0 Å². The molecule has 1 aromatic rings. The van der Waals surface area contributed by atoms with Crippen molar-refractivity contribution in [1.82, 2.24) is 15.1 Å². The molecule has 0 spiro atoms. The quantitative estimate of drug-likeness (QED) is 0.870. The first-order valence-corrected chi connectivity index (χ1v) is 6.76. The molecular weight excluding hydrogens is 266 g/mol.